The average molecular weight is 731 g/mol. The van der Waals surface area contributed by atoms with E-state index in [0.29, 0.717) is 11.4 Å². The molecule has 270 valence electrons. The van der Waals surface area contributed by atoms with Crippen LogP contribution >= 0.6 is 0 Å². The van der Waals surface area contributed by atoms with Gasteiger partial charge >= 0.3 is 0 Å². The van der Waals surface area contributed by atoms with E-state index in [9.17, 15) is 5.26 Å². The summed E-state index contributed by atoms with van der Waals surface area (Å²) in [6.45, 7) is 4.52. The Morgan fingerprint density at radius 2 is 1.12 bits per heavy atom. The lowest BCUT2D eigenvalue weighted by Crippen LogP contribution is -2.33. The first kappa shape index (κ1) is 34.2. The van der Waals surface area contributed by atoms with Gasteiger partial charge in [-0.3, -0.25) is 0 Å². The standard InChI is InChI=1S/C53H38N4/c1-53(2)47-31-34(33-54)17-28-45(47)46-30-27-42(32-48(46)53)35-18-20-37(21-19-35)44-29-26-36-11-9-10-16-43(36)49(44)38-22-24-41(25-23-38)52-56-50(39-12-5-3-6-13-39)55-51(57-52)40-14-7-4-8-15-40/h3-32,52H,1-2H3,(H,55,56,57). The summed E-state index contributed by atoms with van der Waals surface area (Å²) in [5, 5.41) is 15.6. The van der Waals surface area contributed by atoms with Gasteiger partial charge in [0.15, 0.2) is 5.84 Å². The molecule has 0 radical (unpaired) electrons. The first-order chi connectivity index (χ1) is 27.9. The molecule has 2 aliphatic rings. The quantitative estimate of drug-likeness (QED) is 0.185. The van der Waals surface area contributed by atoms with Gasteiger partial charge in [-0.2, -0.15) is 5.26 Å². The average Bonchev–Trinajstić information content (AvgIpc) is 3.51. The van der Waals surface area contributed by atoms with Crippen LogP contribution in [0, 0.1) is 11.3 Å². The van der Waals surface area contributed by atoms with Crippen molar-refractivity contribution in [1.82, 2.24) is 5.32 Å². The Kier molecular flexibility index (Phi) is 8.24. The van der Waals surface area contributed by atoms with Gasteiger partial charge in [-0.15, -0.1) is 0 Å². The minimum atomic E-state index is -0.296. The predicted octanol–water partition coefficient (Wildman–Crippen LogP) is 12.5. The van der Waals surface area contributed by atoms with E-state index >= 15 is 0 Å². The second-order valence-electron chi connectivity index (χ2n) is 15.4. The lowest BCUT2D eigenvalue weighted by molar-refractivity contribution is 0.660. The molecule has 0 amide bonds. The molecule has 1 heterocycles. The van der Waals surface area contributed by atoms with Gasteiger partial charge in [0.1, 0.15) is 12.0 Å². The Balaban J connectivity index is 0.995. The first-order valence-corrected chi connectivity index (χ1v) is 19.4. The first-order valence-electron chi connectivity index (χ1n) is 19.4. The summed E-state index contributed by atoms with van der Waals surface area (Å²) >= 11 is 0. The van der Waals surface area contributed by atoms with Crippen molar-refractivity contribution in [3.8, 4) is 50.6 Å². The summed E-state index contributed by atoms with van der Waals surface area (Å²) in [4.78, 5) is 10.0. The molecule has 1 aliphatic carbocycles. The molecule has 8 aromatic carbocycles. The van der Waals surface area contributed by atoms with Gasteiger partial charge in [0.2, 0.25) is 0 Å². The summed E-state index contributed by atoms with van der Waals surface area (Å²) in [5.41, 5.74) is 15.6. The molecule has 0 fully saturated rings. The van der Waals surface area contributed by atoms with Crippen LogP contribution in [0.1, 0.15) is 53.4 Å². The number of nitrogens with zero attached hydrogens (tertiary/aromatic N) is 3. The molecule has 0 bridgehead atoms. The van der Waals surface area contributed by atoms with E-state index in [2.05, 4.69) is 165 Å². The van der Waals surface area contributed by atoms with Gasteiger partial charge in [-0.05, 0) is 90.2 Å². The zero-order valence-electron chi connectivity index (χ0n) is 31.7. The number of nitriles is 1. The van der Waals surface area contributed by atoms with Crippen molar-refractivity contribution >= 4 is 22.4 Å². The van der Waals surface area contributed by atoms with E-state index in [4.69, 9.17) is 9.98 Å². The molecule has 10 rings (SSSR count). The topological polar surface area (TPSA) is 60.5 Å². The van der Waals surface area contributed by atoms with Crippen LogP contribution in [0.2, 0.25) is 0 Å². The third kappa shape index (κ3) is 6.02. The van der Waals surface area contributed by atoms with E-state index in [0.717, 1.165) is 33.7 Å². The van der Waals surface area contributed by atoms with Crippen molar-refractivity contribution in [1.29, 1.82) is 5.26 Å². The summed E-state index contributed by atoms with van der Waals surface area (Å²) in [6, 6.07) is 66.6. The molecule has 4 heteroatoms. The fourth-order valence-electron chi connectivity index (χ4n) is 8.56. The highest BCUT2D eigenvalue weighted by Gasteiger charge is 2.36. The predicted molar refractivity (Wildman–Crippen MR) is 234 cm³/mol. The van der Waals surface area contributed by atoms with Crippen molar-refractivity contribution < 1.29 is 0 Å². The molecule has 8 aromatic rings. The number of fused-ring (bicyclic) bond motifs is 4. The van der Waals surface area contributed by atoms with Gasteiger partial charge in [-0.25, -0.2) is 9.98 Å². The molecule has 0 spiro atoms. The fourth-order valence-corrected chi connectivity index (χ4v) is 8.56. The van der Waals surface area contributed by atoms with Crippen LogP contribution in [0.15, 0.2) is 192 Å². The molecular formula is C53H38N4. The minimum absolute atomic E-state index is 0.190. The second kappa shape index (κ2) is 13.7. The van der Waals surface area contributed by atoms with Crippen molar-refractivity contribution in [3.63, 3.8) is 0 Å². The van der Waals surface area contributed by atoms with E-state index in [1.807, 2.05) is 42.5 Å². The maximum absolute atomic E-state index is 9.57. The number of hydrogen-bond donors (Lipinski definition) is 1. The molecule has 1 aliphatic heterocycles. The summed E-state index contributed by atoms with van der Waals surface area (Å²) in [7, 11) is 0. The van der Waals surface area contributed by atoms with Crippen LogP contribution in [-0.4, -0.2) is 11.7 Å². The maximum Gasteiger partial charge on any atom is 0.159 e. The molecule has 0 aromatic heterocycles. The monoisotopic (exact) mass is 730 g/mol. The highest BCUT2D eigenvalue weighted by molar-refractivity contribution is 6.13. The Morgan fingerprint density at radius 3 is 1.86 bits per heavy atom. The molecular weight excluding hydrogens is 693 g/mol. The lowest BCUT2D eigenvalue weighted by Gasteiger charge is -2.24. The van der Waals surface area contributed by atoms with Crippen molar-refractivity contribution in [2.24, 2.45) is 9.98 Å². The van der Waals surface area contributed by atoms with Crippen LogP contribution in [0.4, 0.5) is 0 Å². The normalized spacial score (nSPS) is 15.1. The van der Waals surface area contributed by atoms with Crippen LogP contribution in [0.3, 0.4) is 0 Å². The van der Waals surface area contributed by atoms with Crippen LogP contribution < -0.4 is 5.32 Å². The lowest BCUT2D eigenvalue weighted by atomic mass is 9.81. The van der Waals surface area contributed by atoms with Gasteiger partial charge in [0.25, 0.3) is 0 Å². The summed E-state index contributed by atoms with van der Waals surface area (Å²) in [6.07, 6.45) is -0.296. The molecule has 1 atom stereocenters. The SMILES string of the molecule is CC1(C)c2cc(C#N)ccc2-c2ccc(-c3ccc(-c4ccc5ccccc5c4-c4ccc(C5N=C(c6ccccc6)N=C(c6ccccc6)N5)cc4)cc3)cc21. The summed E-state index contributed by atoms with van der Waals surface area (Å²) < 4.78 is 0. The van der Waals surface area contributed by atoms with Gasteiger partial charge in [0.05, 0.1) is 11.6 Å². The van der Waals surface area contributed by atoms with E-state index < -0.39 is 0 Å². The Labute approximate surface area is 333 Å². The van der Waals surface area contributed by atoms with E-state index in [1.165, 1.54) is 55.3 Å². The third-order valence-electron chi connectivity index (χ3n) is 11.6. The molecule has 0 saturated carbocycles. The van der Waals surface area contributed by atoms with Crippen molar-refractivity contribution in [2.75, 3.05) is 0 Å². The summed E-state index contributed by atoms with van der Waals surface area (Å²) in [5.74, 6) is 1.52. The minimum Gasteiger partial charge on any atom is -0.344 e. The number of benzene rings is 8. The molecule has 1 unspecified atom stereocenters. The molecule has 4 nitrogen and oxygen atoms in total. The highest BCUT2D eigenvalue weighted by Crippen LogP contribution is 2.50. The van der Waals surface area contributed by atoms with Crippen LogP contribution in [-0.2, 0) is 5.41 Å². The zero-order valence-corrected chi connectivity index (χ0v) is 31.7. The highest BCUT2D eigenvalue weighted by atomic mass is 15.2. The third-order valence-corrected chi connectivity index (χ3v) is 11.6. The van der Waals surface area contributed by atoms with Gasteiger partial charge < -0.3 is 5.32 Å². The Bertz CT molecular complexity index is 2930. The number of hydrogen-bond acceptors (Lipinski definition) is 4. The molecule has 57 heavy (non-hydrogen) atoms. The van der Waals surface area contributed by atoms with Crippen molar-refractivity contribution in [3.05, 3.63) is 215 Å². The largest absolute Gasteiger partial charge is 0.344 e. The maximum atomic E-state index is 9.57. The molecule has 1 N–H and O–H groups in total. The number of rotatable bonds is 6. The number of aliphatic imine (C=N–C) groups is 2. The van der Waals surface area contributed by atoms with Gasteiger partial charge in [0, 0.05) is 16.5 Å². The zero-order chi connectivity index (χ0) is 38.5. The Hall–Kier alpha value is -7.35. The van der Waals surface area contributed by atoms with E-state index in [-0.39, 0.29) is 11.6 Å². The van der Waals surface area contributed by atoms with Crippen molar-refractivity contribution in [2.45, 2.75) is 25.4 Å². The van der Waals surface area contributed by atoms with Crippen LogP contribution in [0.25, 0.3) is 55.3 Å². The number of amidine groups is 2. The van der Waals surface area contributed by atoms with Gasteiger partial charge in [-0.1, -0.05) is 178 Å². The Morgan fingerprint density at radius 1 is 0.526 bits per heavy atom. The smallest absolute Gasteiger partial charge is 0.159 e. The molecule has 0 saturated heterocycles. The fraction of sp³-hybridized carbons (Fsp3) is 0.0755. The second-order valence-corrected chi connectivity index (χ2v) is 15.4. The van der Waals surface area contributed by atoms with E-state index in [1.54, 1.807) is 0 Å². The number of nitrogens with one attached hydrogen (secondary N) is 1. The van der Waals surface area contributed by atoms with Crippen LogP contribution in [0.5, 0.6) is 0 Å².